The molecule has 20 heavy (non-hydrogen) atoms. The summed E-state index contributed by atoms with van der Waals surface area (Å²) in [6.45, 7) is 4.12. The van der Waals surface area contributed by atoms with Gasteiger partial charge < -0.3 is 15.2 Å². The van der Waals surface area contributed by atoms with E-state index in [1.165, 1.54) is 32.1 Å². The molecule has 2 N–H and O–H groups in total. The molecule has 3 nitrogen and oxygen atoms in total. The summed E-state index contributed by atoms with van der Waals surface area (Å²) in [5, 5.41) is 13.3. The summed E-state index contributed by atoms with van der Waals surface area (Å²) in [4.78, 5) is 0. The molecule has 0 spiro atoms. The second-order valence-electron chi connectivity index (χ2n) is 6.09. The summed E-state index contributed by atoms with van der Waals surface area (Å²) in [6.07, 6.45) is 6.81. The number of methoxy groups -OCH3 is 1. The number of rotatable bonds is 6. The van der Waals surface area contributed by atoms with Crippen molar-refractivity contribution in [3.8, 4) is 11.5 Å². The van der Waals surface area contributed by atoms with Gasteiger partial charge in [-0.1, -0.05) is 38.7 Å². The zero-order valence-electron chi connectivity index (χ0n) is 12.7. The lowest BCUT2D eigenvalue weighted by Gasteiger charge is -2.26. The molecule has 112 valence electrons. The first kappa shape index (κ1) is 15.2. The molecule has 1 aromatic carbocycles. The third kappa shape index (κ3) is 4.41. The van der Waals surface area contributed by atoms with Crippen LogP contribution in [0.25, 0.3) is 0 Å². The fourth-order valence-corrected chi connectivity index (χ4v) is 2.97. The highest BCUT2D eigenvalue weighted by molar-refractivity contribution is 5.39. The smallest absolute Gasteiger partial charge is 0.123 e. The standard InChI is InChI=1S/C17H27NO2/c1-13-3-5-14(6-4-13)9-10-18-12-15-7-8-16(20-2)11-17(15)19/h7-8,11,13-14,18-19H,3-6,9-10,12H2,1-2H3. The molecule has 1 fully saturated rings. The van der Waals surface area contributed by atoms with Gasteiger partial charge in [0.1, 0.15) is 11.5 Å². The maximum Gasteiger partial charge on any atom is 0.123 e. The number of benzene rings is 1. The Morgan fingerprint density at radius 1 is 1.25 bits per heavy atom. The maximum absolute atomic E-state index is 9.88. The lowest BCUT2D eigenvalue weighted by Crippen LogP contribution is -2.20. The summed E-state index contributed by atoms with van der Waals surface area (Å²) < 4.78 is 5.08. The molecule has 0 unspecified atom stereocenters. The Morgan fingerprint density at radius 2 is 2.00 bits per heavy atom. The van der Waals surface area contributed by atoms with E-state index < -0.39 is 0 Å². The van der Waals surface area contributed by atoms with E-state index >= 15 is 0 Å². The fourth-order valence-electron chi connectivity index (χ4n) is 2.97. The minimum atomic E-state index is 0.309. The summed E-state index contributed by atoms with van der Waals surface area (Å²) in [6, 6.07) is 5.47. The lowest BCUT2D eigenvalue weighted by molar-refractivity contribution is 0.275. The molecular formula is C17H27NO2. The fraction of sp³-hybridized carbons (Fsp3) is 0.647. The second kappa shape index (κ2) is 7.53. The van der Waals surface area contributed by atoms with Crippen molar-refractivity contribution < 1.29 is 9.84 Å². The van der Waals surface area contributed by atoms with E-state index in [0.717, 1.165) is 30.5 Å². The van der Waals surface area contributed by atoms with Crippen LogP contribution in [-0.4, -0.2) is 18.8 Å². The third-order valence-electron chi connectivity index (χ3n) is 4.47. The molecule has 0 bridgehead atoms. The normalized spacial score (nSPS) is 22.7. The molecule has 0 radical (unpaired) electrons. The molecule has 0 aliphatic heterocycles. The van der Waals surface area contributed by atoms with Crippen LogP contribution in [0.5, 0.6) is 11.5 Å². The number of ether oxygens (including phenoxy) is 1. The zero-order chi connectivity index (χ0) is 14.4. The van der Waals surface area contributed by atoms with Crippen molar-refractivity contribution in [3.05, 3.63) is 23.8 Å². The third-order valence-corrected chi connectivity index (χ3v) is 4.47. The van der Waals surface area contributed by atoms with E-state index in [4.69, 9.17) is 4.74 Å². The number of hydrogen-bond acceptors (Lipinski definition) is 3. The van der Waals surface area contributed by atoms with E-state index in [9.17, 15) is 5.11 Å². The van der Waals surface area contributed by atoms with E-state index in [-0.39, 0.29) is 0 Å². The highest BCUT2D eigenvalue weighted by Crippen LogP contribution is 2.30. The molecule has 2 rings (SSSR count). The van der Waals surface area contributed by atoms with Crippen LogP contribution in [0.1, 0.15) is 44.6 Å². The van der Waals surface area contributed by atoms with Crippen LogP contribution in [0, 0.1) is 11.8 Å². The van der Waals surface area contributed by atoms with Gasteiger partial charge >= 0.3 is 0 Å². The summed E-state index contributed by atoms with van der Waals surface area (Å²) in [5.41, 5.74) is 0.933. The first-order valence-electron chi connectivity index (χ1n) is 7.75. The average Bonchev–Trinajstić information content (AvgIpc) is 2.46. The lowest BCUT2D eigenvalue weighted by atomic mass is 9.81. The number of phenols is 1. The van der Waals surface area contributed by atoms with Gasteiger partial charge in [0, 0.05) is 18.2 Å². The number of nitrogens with one attached hydrogen (secondary N) is 1. The van der Waals surface area contributed by atoms with Crippen LogP contribution in [0.2, 0.25) is 0 Å². The minimum absolute atomic E-state index is 0.309. The highest BCUT2D eigenvalue weighted by Gasteiger charge is 2.17. The van der Waals surface area contributed by atoms with Crippen molar-refractivity contribution in [1.82, 2.24) is 5.32 Å². The Hall–Kier alpha value is -1.22. The van der Waals surface area contributed by atoms with Gasteiger partial charge in [-0.25, -0.2) is 0 Å². The van der Waals surface area contributed by atoms with Gasteiger partial charge in [-0.05, 0) is 30.9 Å². The monoisotopic (exact) mass is 277 g/mol. The van der Waals surface area contributed by atoms with Crippen molar-refractivity contribution in [1.29, 1.82) is 0 Å². The first-order chi connectivity index (χ1) is 9.69. The Labute approximate surface area is 122 Å². The van der Waals surface area contributed by atoms with Crippen molar-refractivity contribution in [2.45, 2.75) is 45.6 Å². The second-order valence-corrected chi connectivity index (χ2v) is 6.09. The molecule has 0 heterocycles. The number of aromatic hydroxyl groups is 1. The van der Waals surface area contributed by atoms with Crippen molar-refractivity contribution in [2.24, 2.45) is 11.8 Å². The van der Waals surface area contributed by atoms with Crippen LogP contribution >= 0.6 is 0 Å². The van der Waals surface area contributed by atoms with Gasteiger partial charge in [-0.15, -0.1) is 0 Å². The van der Waals surface area contributed by atoms with E-state index in [2.05, 4.69) is 12.2 Å². The largest absolute Gasteiger partial charge is 0.507 e. The number of phenolic OH excluding ortho intramolecular Hbond substituents is 1. The van der Waals surface area contributed by atoms with Gasteiger partial charge in [0.2, 0.25) is 0 Å². The van der Waals surface area contributed by atoms with Crippen LogP contribution in [0.15, 0.2) is 18.2 Å². The van der Waals surface area contributed by atoms with E-state index in [1.807, 2.05) is 12.1 Å². The molecule has 0 atom stereocenters. The molecule has 0 aromatic heterocycles. The van der Waals surface area contributed by atoms with Crippen molar-refractivity contribution in [3.63, 3.8) is 0 Å². The molecule has 0 amide bonds. The Morgan fingerprint density at radius 3 is 2.65 bits per heavy atom. The van der Waals surface area contributed by atoms with Gasteiger partial charge in [0.05, 0.1) is 7.11 Å². The van der Waals surface area contributed by atoms with Crippen LogP contribution in [-0.2, 0) is 6.54 Å². The highest BCUT2D eigenvalue weighted by atomic mass is 16.5. The Bertz CT molecular complexity index is 411. The molecule has 1 aliphatic carbocycles. The maximum atomic E-state index is 9.88. The SMILES string of the molecule is COc1ccc(CNCCC2CCC(C)CC2)c(O)c1. The van der Waals surface area contributed by atoms with Gasteiger partial charge in [0.25, 0.3) is 0 Å². The van der Waals surface area contributed by atoms with Crippen LogP contribution < -0.4 is 10.1 Å². The molecule has 1 saturated carbocycles. The van der Waals surface area contributed by atoms with Crippen molar-refractivity contribution in [2.75, 3.05) is 13.7 Å². The summed E-state index contributed by atoms with van der Waals surface area (Å²) >= 11 is 0. The molecule has 1 aromatic rings. The van der Waals surface area contributed by atoms with E-state index in [1.54, 1.807) is 13.2 Å². The molecule has 0 saturated heterocycles. The topological polar surface area (TPSA) is 41.5 Å². The predicted octanol–water partition coefficient (Wildman–Crippen LogP) is 3.71. The van der Waals surface area contributed by atoms with Crippen LogP contribution in [0.3, 0.4) is 0 Å². The predicted molar refractivity (Wildman–Crippen MR) is 82.1 cm³/mol. The summed E-state index contributed by atoms with van der Waals surface area (Å²) in [7, 11) is 1.61. The first-order valence-corrected chi connectivity index (χ1v) is 7.75. The van der Waals surface area contributed by atoms with Gasteiger partial charge in [-0.3, -0.25) is 0 Å². The van der Waals surface area contributed by atoms with Gasteiger partial charge in [0.15, 0.2) is 0 Å². The van der Waals surface area contributed by atoms with Gasteiger partial charge in [-0.2, -0.15) is 0 Å². The summed E-state index contributed by atoms with van der Waals surface area (Å²) in [5.74, 6) is 2.82. The Kier molecular flexibility index (Phi) is 5.72. The minimum Gasteiger partial charge on any atom is -0.507 e. The Balaban J connectivity index is 1.68. The number of hydrogen-bond donors (Lipinski definition) is 2. The molecule has 1 aliphatic rings. The average molecular weight is 277 g/mol. The quantitative estimate of drug-likeness (QED) is 0.779. The van der Waals surface area contributed by atoms with E-state index in [0.29, 0.717) is 11.5 Å². The molecular weight excluding hydrogens is 250 g/mol. The van der Waals surface area contributed by atoms with Crippen molar-refractivity contribution >= 4 is 0 Å². The zero-order valence-corrected chi connectivity index (χ0v) is 12.7. The molecule has 3 heteroatoms. The van der Waals surface area contributed by atoms with Crippen LogP contribution in [0.4, 0.5) is 0 Å².